The number of benzene rings is 17. The van der Waals surface area contributed by atoms with Crippen LogP contribution in [0.15, 0.2) is 419 Å². The molecule has 0 aliphatic heterocycles. The van der Waals surface area contributed by atoms with Crippen LogP contribution in [0.5, 0.6) is 0 Å². The second-order valence-corrected chi connectivity index (χ2v) is 28.6. The lowest BCUT2D eigenvalue weighted by Crippen LogP contribution is -2.25. The molecule has 1 spiro atoms. The normalized spacial score (nSPS) is 12.1. The third-order valence-corrected chi connectivity index (χ3v) is 22.2. The van der Waals surface area contributed by atoms with E-state index < -0.39 is 5.41 Å². The zero-order chi connectivity index (χ0) is 72.2. The molecule has 3 heteroatoms. The highest BCUT2D eigenvalue weighted by Crippen LogP contribution is 2.63. The first-order valence-electron chi connectivity index (χ1n) is 37.4. The Kier molecular flexibility index (Phi) is 16.1. The highest BCUT2D eigenvalue weighted by molar-refractivity contribution is 5.97. The van der Waals surface area contributed by atoms with Gasteiger partial charge in [0.15, 0.2) is 17.5 Å². The average molecular weight is 1380 g/mol. The predicted octanol–water partition coefficient (Wildman–Crippen LogP) is 27.6. The zero-order valence-corrected chi connectivity index (χ0v) is 59.7. The fourth-order valence-electron chi connectivity index (χ4n) is 16.8. The van der Waals surface area contributed by atoms with E-state index in [9.17, 15) is 0 Å². The zero-order valence-electron chi connectivity index (χ0n) is 59.7. The van der Waals surface area contributed by atoms with E-state index in [1.165, 1.54) is 94.6 Å². The first-order valence-corrected chi connectivity index (χ1v) is 37.4. The Labute approximate surface area is 635 Å². The van der Waals surface area contributed by atoms with Crippen LogP contribution in [0.3, 0.4) is 0 Å². The van der Waals surface area contributed by atoms with Gasteiger partial charge in [-0.3, -0.25) is 0 Å². The van der Waals surface area contributed by atoms with E-state index in [1.807, 2.05) is 0 Å². The van der Waals surface area contributed by atoms with Gasteiger partial charge in [-0.25, -0.2) is 15.0 Å². The van der Waals surface area contributed by atoms with Crippen molar-refractivity contribution in [1.29, 1.82) is 0 Å². The van der Waals surface area contributed by atoms with Gasteiger partial charge in [0.25, 0.3) is 0 Å². The van der Waals surface area contributed by atoms with Crippen molar-refractivity contribution in [3.63, 3.8) is 0 Å². The Balaban J connectivity index is 0.604. The number of fused-ring (bicyclic) bond motifs is 10. The topological polar surface area (TPSA) is 38.7 Å². The van der Waals surface area contributed by atoms with E-state index in [0.717, 1.165) is 89.0 Å². The summed E-state index contributed by atoms with van der Waals surface area (Å²) in [5.41, 5.74) is 38.3. The molecular weight excluding hydrogens is 1320 g/mol. The third kappa shape index (κ3) is 11.9. The van der Waals surface area contributed by atoms with Crippen molar-refractivity contribution in [2.75, 3.05) is 0 Å². The van der Waals surface area contributed by atoms with Gasteiger partial charge >= 0.3 is 0 Å². The highest BCUT2D eigenvalue weighted by Gasteiger charge is 2.51. The number of aromatic nitrogens is 3. The van der Waals surface area contributed by atoms with Gasteiger partial charge in [-0.1, -0.05) is 358 Å². The molecule has 0 fully saturated rings. The maximum atomic E-state index is 5.33. The SMILES string of the molecule is c1ccc(-c2cccc(-c3cccc(-c4cccc(-c5ccc(-c6nc(-c7ccc(-c8cccc(-c9cccc(-c%10cccc(-c%11ccc%12c(c%11)C%11(c%13ccccc%13-c%13ccccc%13%11)c%11ccccc%11-%12)c%10)c9)c8)cc7)nc(-c7cccc(-c8cccc(-c9cccc(-c%10ccccc%10)c9)c8)c7)n6)cc5)c4)c3)c2)cc1. The summed E-state index contributed by atoms with van der Waals surface area (Å²) < 4.78 is 0. The van der Waals surface area contributed by atoms with Gasteiger partial charge in [0.05, 0.1) is 5.41 Å². The Morgan fingerprint density at radius 3 is 0.596 bits per heavy atom. The second kappa shape index (κ2) is 27.3. The fourth-order valence-corrected chi connectivity index (χ4v) is 16.8. The van der Waals surface area contributed by atoms with Gasteiger partial charge in [0, 0.05) is 16.7 Å². The van der Waals surface area contributed by atoms with E-state index in [4.69, 9.17) is 15.0 Å². The molecule has 0 radical (unpaired) electrons. The largest absolute Gasteiger partial charge is 0.208 e. The lowest BCUT2D eigenvalue weighted by atomic mass is 9.70. The van der Waals surface area contributed by atoms with Crippen molar-refractivity contribution in [1.82, 2.24) is 15.0 Å². The maximum absolute atomic E-state index is 5.33. The molecule has 508 valence electrons. The van der Waals surface area contributed by atoms with Crippen LogP contribution in [0, 0.1) is 0 Å². The minimum Gasteiger partial charge on any atom is -0.208 e. The molecule has 0 unspecified atom stereocenters. The minimum atomic E-state index is -0.400. The summed E-state index contributed by atoms with van der Waals surface area (Å²) in [5.74, 6) is 1.78. The van der Waals surface area contributed by atoms with Gasteiger partial charge < -0.3 is 0 Å². The Morgan fingerprint density at radius 2 is 0.303 bits per heavy atom. The molecule has 0 bridgehead atoms. The molecule has 17 aromatic carbocycles. The maximum Gasteiger partial charge on any atom is 0.164 e. The Bertz CT molecular complexity index is 6470. The second-order valence-electron chi connectivity index (χ2n) is 28.6. The van der Waals surface area contributed by atoms with Gasteiger partial charge in [0.2, 0.25) is 0 Å². The molecule has 109 heavy (non-hydrogen) atoms. The van der Waals surface area contributed by atoms with Gasteiger partial charge in [-0.2, -0.15) is 0 Å². The van der Waals surface area contributed by atoms with Gasteiger partial charge in [0.1, 0.15) is 0 Å². The molecule has 18 aromatic rings. The summed E-state index contributed by atoms with van der Waals surface area (Å²) in [5, 5.41) is 0. The number of rotatable bonds is 14. The third-order valence-electron chi connectivity index (χ3n) is 22.2. The van der Waals surface area contributed by atoms with Crippen molar-refractivity contribution < 1.29 is 0 Å². The van der Waals surface area contributed by atoms with Crippen LogP contribution in [0.25, 0.3) is 179 Å². The van der Waals surface area contributed by atoms with Crippen molar-refractivity contribution in [2.24, 2.45) is 0 Å². The Hall–Kier alpha value is -14.3. The van der Waals surface area contributed by atoms with E-state index >= 15 is 0 Å². The van der Waals surface area contributed by atoms with Crippen molar-refractivity contribution in [3.05, 3.63) is 441 Å². The molecule has 2 aliphatic rings. The van der Waals surface area contributed by atoms with E-state index in [2.05, 4.69) is 419 Å². The van der Waals surface area contributed by atoms with Crippen LogP contribution in [-0.2, 0) is 5.41 Å². The molecule has 2 aliphatic carbocycles. The van der Waals surface area contributed by atoms with Crippen LogP contribution in [0.1, 0.15) is 22.3 Å². The smallest absolute Gasteiger partial charge is 0.164 e. The lowest BCUT2D eigenvalue weighted by Gasteiger charge is -2.30. The van der Waals surface area contributed by atoms with Gasteiger partial charge in [-0.05, 0) is 228 Å². The van der Waals surface area contributed by atoms with E-state index in [0.29, 0.717) is 17.5 Å². The van der Waals surface area contributed by atoms with Crippen LogP contribution in [0.4, 0.5) is 0 Å². The summed E-state index contributed by atoms with van der Waals surface area (Å²) in [6, 6.07) is 152. The van der Waals surface area contributed by atoms with Crippen LogP contribution < -0.4 is 0 Å². The summed E-state index contributed by atoms with van der Waals surface area (Å²) in [7, 11) is 0. The van der Waals surface area contributed by atoms with Crippen molar-refractivity contribution >= 4 is 0 Å². The quantitative estimate of drug-likeness (QED) is 0.109. The first kappa shape index (κ1) is 64.4. The minimum absolute atomic E-state index is 0.400. The molecule has 1 heterocycles. The van der Waals surface area contributed by atoms with E-state index in [-0.39, 0.29) is 0 Å². The molecule has 0 N–H and O–H groups in total. The van der Waals surface area contributed by atoms with Crippen molar-refractivity contribution in [3.8, 4) is 179 Å². The first-order chi connectivity index (χ1) is 53.9. The van der Waals surface area contributed by atoms with Gasteiger partial charge in [-0.15, -0.1) is 0 Å². The number of nitrogens with zero attached hydrogens (tertiary/aromatic N) is 3. The summed E-state index contributed by atoms with van der Waals surface area (Å²) in [4.78, 5) is 16.0. The van der Waals surface area contributed by atoms with Crippen LogP contribution in [-0.4, -0.2) is 15.0 Å². The fraction of sp³-hybridized carbons (Fsp3) is 0.00943. The summed E-state index contributed by atoms with van der Waals surface area (Å²) in [6.45, 7) is 0. The summed E-state index contributed by atoms with van der Waals surface area (Å²) in [6.07, 6.45) is 0. The van der Waals surface area contributed by atoms with Crippen molar-refractivity contribution in [2.45, 2.75) is 5.41 Å². The van der Waals surface area contributed by atoms with Crippen LogP contribution in [0.2, 0.25) is 0 Å². The Morgan fingerprint density at radius 1 is 0.119 bits per heavy atom. The van der Waals surface area contributed by atoms with E-state index in [1.54, 1.807) is 0 Å². The molecule has 20 rings (SSSR count). The molecule has 0 atom stereocenters. The summed E-state index contributed by atoms with van der Waals surface area (Å²) >= 11 is 0. The van der Waals surface area contributed by atoms with Crippen LogP contribution >= 0.6 is 0 Å². The monoisotopic (exact) mass is 1380 g/mol. The molecule has 0 amide bonds. The molecule has 1 aromatic heterocycles. The lowest BCUT2D eigenvalue weighted by molar-refractivity contribution is 0.794. The molecule has 0 saturated carbocycles. The molecule has 3 nitrogen and oxygen atoms in total. The molecule has 0 saturated heterocycles. The molecular formula is C106H69N3. The average Bonchev–Trinajstić information content (AvgIpc) is 1.51. The highest BCUT2D eigenvalue weighted by atomic mass is 15.0. The predicted molar refractivity (Wildman–Crippen MR) is 452 cm³/mol. The number of hydrogen-bond donors (Lipinski definition) is 0. The standard InChI is InChI=1S/C106H69N3/c1-3-22-70(23-4-1)76-26-13-30-80(60-76)84-34-17-35-85(64-84)82-32-15-28-78(62-82)72-50-54-74(55-51-72)103-107-104(109-105(108-103)94-43-21-42-92(68-94)90-40-19-37-87(66-90)81-31-14-27-77(61-81)71-24-5-2-6-25-71)75-56-52-73(53-57-75)79-29-16-33-83(63-79)86-36-18-38-88(65-86)89-39-20-41-91(67-89)93-58-59-98-97-46-9-12-49-101(97)106(102(98)69-93)99-47-10-7-44-95(99)96-45-8-11-48-100(96)106/h1-69H. The number of hydrogen-bond acceptors (Lipinski definition) is 3.